The zero-order valence-electron chi connectivity index (χ0n) is 13.0. The van der Waals surface area contributed by atoms with Gasteiger partial charge in [-0.15, -0.1) is 0 Å². The standard InChI is InChI=1S/C17H25NO2/c1-11(2)10-20-16-9-12(3)14(8-13(16)4)17(19)15-6-5-7-18-15/h8-9,11,15,18H,5-7,10H2,1-4H3. The van der Waals surface area contributed by atoms with Crippen molar-refractivity contribution in [3.63, 3.8) is 0 Å². The van der Waals surface area contributed by atoms with E-state index >= 15 is 0 Å². The quantitative estimate of drug-likeness (QED) is 0.838. The minimum Gasteiger partial charge on any atom is -0.493 e. The lowest BCUT2D eigenvalue weighted by Crippen LogP contribution is -2.31. The Morgan fingerprint density at radius 3 is 2.70 bits per heavy atom. The summed E-state index contributed by atoms with van der Waals surface area (Å²) >= 11 is 0. The van der Waals surface area contributed by atoms with Gasteiger partial charge in [0.15, 0.2) is 5.78 Å². The van der Waals surface area contributed by atoms with E-state index in [2.05, 4.69) is 19.2 Å². The lowest BCUT2D eigenvalue weighted by molar-refractivity contribution is 0.0951. The summed E-state index contributed by atoms with van der Waals surface area (Å²) in [6, 6.07) is 3.98. The van der Waals surface area contributed by atoms with Gasteiger partial charge in [-0.3, -0.25) is 4.79 Å². The molecule has 1 saturated heterocycles. The minimum atomic E-state index is -0.00414. The smallest absolute Gasteiger partial charge is 0.180 e. The summed E-state index contributed by atoms with van der Waals surface area (Å²) in [5, 5.41) is 3.28. The molecule has 0 radical (unpaired) electrons. The number of carbonyl (C=O) groups excluding carboxylic acids is 1. The molecule has 0 bridgehead atoms. The molecule has 0 spiro atoms. The molecule has 1 unspecified atom stereocenters. The van der Waals surface area contributed by atoms with Gasteiger partial charge in [0.1, 0.15) is 5.75 Å². The molecule has 1 aromatic carbocycles. The number of carbonyl (C=O) groups is 1. The van der Waals surface area contributed by atoms with E-state index in [1.807, 2.05) is 26.0 Å². The molecule has 0 aromatic heterocycles. The van der Waals surface area contributed by atoms with Crippen molar-refractivity contribution in [1.29, 1.82) is 0 Å². The van der Waals surface area contributed by atoms with Gasteiger partial charge in [-0.2, -0.15) is 0 Å². The van der Waals surface area contributed by atoms with E-state index in [1.54, 1.807) is 0 Å². The second-order valence-corrected chi connectivity index (χ2v) is 6.15. The molecule has 20 heavy (non-hydrogen) atoms. The predicted octanol–water partition coefficient (Wildman–Crippen LogP) is 3.27. The van der Waals surface area contributed by atoms with Crippen LogP contribution in [0.3, 0.4) is 0 Å². The molecular formula is C17H25NO2. The van der Waals surface area contributed by atoms with Crippen molar-refractivity contribution in [3.8, 4) is 5.75 Å². The van der Waals surface area contributed by atoms with Gasteiger partial charge >= 0.3 is 0 Å². The molecule has 1 fully saturated rings. The maximum atomic E-state index is 12.5. The Labute approximate surface area is 121 Å². The Hall–Kier alpha value is -1.35. The highest BCUT2D eigenvalue weighted by Gasteiger charge is 2.24. The molecule has 110 valence electrons. The van der Waals surface area contributed by atoms with E-state index in [-0.39, 0.29) is 11.8 Å². The Bertz CT molecular complexity index is 488. The summed E-state index contributed by atoms with van der Waals surface area (Å²) in [6.45, 7) is 9.91. The van der Waals surface area contributed by atoms with Gasteiger partial charge in [0, 0.05) is 5.56 Å². The van der Waals surface area contributed by atoms with Crippen LogP contribution in [-0.4, -0.2) is 25.0 Å². The maximum absolute atomic E-state index is 12.5. The Morgan fingerprint density at radius 2 is 2.10 bits per heavy atom. The van der Waals surface area contributed by atoms with Crippen LogP contribution in [0, 0.1) is 19.8 Å². The fourth-order valence-electron chi connectivity index (χ4n) is 2.56. The third-order valence-electron chi connectivity index (χ3n) is 3.74. The Balaban J connectivity index is 2.18. The van der Waals surface area contributed by atoms with Crippen LogP contribution in [0.4, 0.5) is 0 Å². The SMILES string of the molecule is Cc1cc(C(=O)C2CCCN2)c(C)cc1OCC(C)C. The molecule has 1 N–H and O–H groups in total. The van der Waals surface area contributed by atoms with E-state index in [0.29, 0.717) is 12.5 Å². The van der Waals surface area contributed by atoms with Crippen LogP contribution < -0.4 is 10.1 Å². The molecule has 1 aromatic rings. The van der Waals surface area contributed by atoms with Gasteiger partial charge in [0.2, 0.25) is 0 Å². The van der Waals surface area contributed by atoms with E-state index in [0.717, 1.165) is 41.8 Å². The first kappa shape index (κ1) is 15.0. The average Bonchev–Trinajstić information content (AvgIpc) is 2.92. The highest BCUT2D eigenvalue weighted by molar-refractivity contribution is 6.01. The third kappa shape index (κ3) is 3.40. The Kier molecular flexibility index (Phi) is 4.81. The van der Waals surface area contributed by atoms with Gasteiger partial charge in [0.25, 0.3) is 0 Å². The summed E-state index contributed by atoms with van der Waals surface area (Å²) < 4.78 is 5.81. The van der Waals surface area contributed by atoms with Crippen LogP contribution in [0.15, 0.2) is 12.1 Å². The zero-order valence-corrected chi connectivity index (χ0v) is 13.0. The summed E-state index contributed by atoms with van der Waals surface area (Å²) in [7, 11) is 0. The number of hydrogen-bond donors (Lipinski definition) is 1. The number of ether oxygens (including phenoxy) is 1. The molecule has 1 aliphatic heterocycles. The van der Waals surface area contributed by atoms with Crippen LogP contribution in [0.2, 0.25) is 0 Å². The number of nitrogens with one attached hydrogen (secondary N) is 1. The van der Waals surface area contributed by atoms with E-state index in [9.17, 15) is 4.79 Å². The number of ketones is 1. The van der Waals surface area contributed by atoms with Crippen LogP contribution in [-0.2, 0) is 0 Å². The summed E-state index contributed by atoms with van der Waals surface area (Å²) in [4.78, 5) is 12.5. The second kappa shape index (κ2) is 6.40. The minimum absolute atomic E-state index is 0.00414. The van der Waals surface area contributed by atoms with Gasteiger partial charge in [-0.1, -0.05) is 13.8 Å². The lowest BCUT2D eigenvalue weighted by Gasteiger charge is -2.16. The predicted molar refractivity (Wildman–Crippen MR) is 81.6 cm³/mol. The third-order valence-corrected chi connectivity index (χ3v) is 3.74. The van der Waals surface area contributed by atoms with Crippen molar-refractivity contribution in [2.75, 3.05) is 13.2 Å². The fraction of sp³-hybridized carbons (Fsp3) is 0.588. The van der Waals surface area contributed by atoms with Crippen molar-refractivity contribution >= 4 is 5.78 Å². The molecule has 1 heterocycles. The topological polar surface area (TPSA) is 38.3 Å². The van der Waals surface area contributed by atoms with Gasteiger partial charge in [-0.25, -0.2) is 0 Å². The van der Waals surface area contributed by atoms with Crippen LogP contribution in [0.5, 0.6) is 5.75 Å². The number of rotatable bonds is 5. The molecule has 0 amide bonds. The normalized spacial score (nSPS) is 18.6. The molecule has 0 saturated carbocycles. The first-order chi connectivity index (χ1) is 9.49. The Morgan fingerprint density at radius 1 is 1.35 bits per heavy atom. The fourth-order valence-corrected chi connectivity index (χ4v) is 2.56. The van der Waals surface area contributed by atoms with Gasteiger partial charge < -0.3 is 10.1 Å². The van der Waals surface area contributed by atoms with Crippen molar-refractivity contribution in [3.05, 3.63) is 28.8 Å². The van der Waals surface area contributed by atoms with Crippen molar-refractivity contribution in [2.45, 2.75) is 46.6 Å². The van der Waals surface area contributed by atoms with E-state index in [4.69, 9.17) is 4.74 Å². The molecule has 3 nitrogen and oxygen atoms in total. The van der Waals surface area contributed by atoms with Crippen molar-refractivity contribution in [2.24, 2.45) is 5.92 Å². The van der Waals surface area contributed by atoms with Crippen LogP contribution in [0.25, 0.3) is 0 Å². The summed E-state index contributed by atoms with van der Waals surface area (Å²) in [5.41, 5.74) is 2.88. The lowest BCUT2D eigenvalue weighted by atomic mass is 9.96. The zero-order chi connectivity index (χ0) is 14.7. The first-order valence-corrected chi connectivity index (χ1v) is 7.50. The van der Waals surface area contributed by atoms with E-state index < -0.39 is 0 Å². The van der Waals surface area contributed by atoms with Gasteiger partial charge in [0.05, 0.1) is 12.6 Å². The second-order valence-electron chi connectivity index (χ2n) is 6.15. The van der Waals surface area contributed by atoms with Crippen molar-refractivity contribution in [1.82, 2.24) is 5.32 Å². The first-order valence-electron chi connectivity index (χ1n) is 7.50. The van der Waals surface area contributed by atoms with E-state index in [1.165, 1.54) is 0 Å². The largest absolute Gasteiger partial charge is 0.493 e. The molecule has 2 rings (SSSR count). The molecule has 3 heteroatoms. The molecule has 1 aliphatic rings. The highest BCUT2D eigenvalue weighted by atomic mass is 16.5. The highest BCUT2D eigenvalue weighted by Crippen LogP contribution is 2.25. The number of benzene rings is 1. The average molecular weight is 275 g/mol. The molecule has 1 atom stereocenters. The van der Waals surface area contributed by atoms with Crippen LogP contribution in [0.1, 0.15) is 48.2 Å². The molecular weight excluding hydrogens is 250 g/mol. The van der Waals surface area contributed by atoms with Gasteiger partial charge in [-0.05, 0) is 62.4 Å². The number of Topliss-reactive ketones (excluding diaryl/α,β-unsaturated/α-hetero) is 1. The summed E-state index contributed by atoms with van der Waals surface area (Å²) in [6.07, 6.45) is 2.03. The number of hydrogen-bond acceptors (Lipinski definition) is 3. The number of aryl methyl sites for hydroxylation is 2. The van der Waals surface area contributed by atoms with Crippen molar-refractivity contribution < 1.29 is 9.53 Å². The monoisotopic (exact) mass is 275 g/mol. The molecule has 0 aliphatic carbocycles. The summed E-state index contributed by atoms with van der Waals surface area (Å²) in [5.74, 6) is 1.62. The maximum Gasteiger partial charge on any atom is 0.180 e. The van der Waals surface area contributed by atoms with Crippen LogP contribution >= 0.6 is 0 Å².